The van der Waals surface area contributed by atoms with Crippen LogP contribution in [0.1, 0.15) is 24.0 Å². The van der Waals surface area contributed by atoms with Gasteiger partial charge in [0.25, 0.3) is 0 Å². The molecule has 0 unspecified atom stereocenters. The quantitative estimate of drug-likeness (QED) is 0.619. The summed E-state index contributed by atoms with van der Waals surface area (Å²) in [6, 6.07) is 5.68. The number of carbonyl (C=O) groups is 1. The van der Waals surface area contributed by atoms with Crippen molar-refractivity contribution in [1.82, 2.24) is 10.3 Å². The molecular weight excluding hydrogens is 354 g/mol. The Morgan fingerprint density at radius 1 is 1.25 bits per heavy atom. The van der Waals surface area contributed by atoms with Crippen LogP contribution in [0.2, 0.25) is 0 Å². The number of carbonyl (C=O) groups excluding carboxylic acids is 1. The molecule has 0 aliphatic carbocycles. The molecule has 1 saturated heterocycles. The maximum atomic E-state index is 11.6. The maximum absolute atomic E-state index is 11.6. The molecule has 1 amide bonds. The van der Waals surface area contributed by atoms with E-state index in [0.29, 0.717) is 11.5 Å². The van der Waals surface area contributed by atoms with Gasteiger partial charge in [-0.15, -0.1) is 0 Å². The first-order valence-corrected chi connectivity index (χ1v) is 9.22. The molecule has 146 valence electrons. The van der Waals surface area contributed by atoms with Crippen LogP contribution < -0.4 is 19.7 Å². The molecule has 0 saturated carbocycles. The van der Waals surface area contributed by atoms with Crippen molar-refractivity contribution < 1.29 is 14.3 Å². The van der Waals surface area contributed by atoms with Crippen LogP contribution in [0, 0.1) is 11.8 Å². The van der Waals surface area contributed by atoms with Crippen molar-refractivity contribution in [1.29, 1.82) is 0 Å². The fraction of sp³-hybridized carbons (Fsp3) is 0.318. The Hall–Kier alpha value is -3.33. The van der Waals surface area contributed by atoms with Crippen LogP contribution in [0.4, 0.5) is 5.69 Å². The fourth-order valence-electron chi connectivity index (χ4n) is 3.31. The van der Waals surface area contributed by atoms with Crippen LogP contribution in [0.5, 0.6) is 11.5 Å². The number of H-pyrrole nitrogens is 1. The highest BCUT2D eigenvalue weighted by Crippen LogP contribution is 2.25. The van der Waals surface area contributed by atoms with E-state index in [1.807, 2.05) is 30.6 Å². The van der Waals surface area contributed by atoms with E-state index in [1.54, 1.807) is 14.2 Å². The predicted octanol–water partition coefficient (Wildman–Crippen LogP) is 2.70. The summed E-state index contributed by atoms with van der Waals surface area (Å²) in [7, 11) is 3.24. The van der Waals surface area contributed by atoms with Crippen LogP contribution in [-0.4, -0.2) is 44.2 Å². The van der Waals surface area contributed by atoms with E-state index in [2.05, 4.69) is 33.6 Å². The van der Waals surface area contributed by atoms with Crippen LogP contribution in [0.25, 0.3) is 0 Å². The highest BCUT2D eigenvalue weighted by molar-refractivity contribution is 5.87. The van der Waals surface area contributed by atoms with Crippen LogP contribution in [-0.2, 0) is 4.79 Å². The summed E-state index contributed by atoms with van der Waals surface area (Å²) >= 11 is 0. The Bertz CT molecular complexity index is 885. The molecule has 0 radical (unpaired) electrons. The Labute approximate surface area is 165 Å². The zero-order valence-electron chi connectivity index (χ0n) is 16.2. The number of ether oxygens (including phenoxy) is 2. The standard InChI is InChI=1S/C22H25N3O3/c1-4-22(26)24-18-6-5-9-25(15-18)21-14-23-13-17(21)8-7-16-10-19(27-2)12-20(11-16)28-3/h4,10-14,18,23H,1,5-6,9,15H2,2-3H3,(H,24,26)/t18-/m0/s1. The van der Waals surface area contributed by atoms with Gasteiger partial charge in [-0.05, 0) is 31.1 Å². The molecular formula is C22H25N3O3. The summed E-state index contributed by atoms with van der Waals surface area (Å²) in [6.45, 7) is 5.20. The highest BCUT2D eigenvalue weighted by Gasteiger charge is 2.22. The molecule has 1 aromatic heterocycles. The van der Waals surface area contributed by atoms with E-state index in [-0.39, 0.29) is 11.9 Å². The van der Waals surface area contributed by atoms with Crippen LogP contribution in [0.15, 0.2) is 43.2 Å². The molecule has 28 heavy (non-hydrogen) atoms. The Morgan fingerprint density at radius 2 is 2.00 bits per heavy atom. The SMILES string of the molecule is C=CC(=O)N[C@H]1CCCN(c2c[nH]cc2C#Cc2cc(OC)cc(OC)c2)C1. The predicted molar refractivity (Wildman–Crippen MR) is 110 cm³/mol. The van der Waals surface area contributed by atoms with Gasteiger partial charge in [0.1, 0.15) is 11.5 Å². The summed E-state index contributed by atoms with van der Waals surface area (Å²) < 4.78 is 10.6. The van der Waals surface area contributed by atoms with Gasteiger partial charge < -0.3 is 24.7 Å². The zero-order valence-corrected chi connectivity index (χ0v) is 16.2. The summed E-state index contributed by atoms with van der Waals surface area (Å²) in [4.78, 5) is 17.0. The Balaban J connectivity index is 1.79. The van der Waals surface area contributed by atoms with Crippen LogP contribution in [0.3, 0.4) is 0 Å². The highest BCUT2D eigenvalue weighted by atomic mass is 16.5. The largest absolute Gasteiger partial charge is 0.497 e. The molecule has 1 fully saturated rings. The van der Waals surface area contributed by atoms with Crippen molar-refractivity contribution in [2.75, 3.05) is 32.2 Å². The van der Waals surface area contributed by atoms with E-state index in [0.717, 1.165) is 42.7 Å². The van der Waals surface area contributed by atoms with Gasteiger partial charge in [-0.1, -0.05) is 18.4 Å². The number of hydrogen-bond acceptors (Lipinski definition) is 4. The minimum absolute atomic E-state index is 0.109. The van der Waals surface area contributed by atoms with Gasteiger partial charge in [0.2, 0.25) is 5.91 Å². The number of piperidine rings is 1. The van der Waals surface area contributed by atoms with Gasteiger partial charge in [0.05, 0.1) is 25.5 Å². The number of anilines is 1. The molecule has 6 heteroatoms. The van der Waals surface area contributed by atoms with E-state index in [4.69, 9.17) is 9.47 Å². The van der Waals surface area contributed by atoms with Gasteiger partial charge in [0.15, 0.2) is 0 Å². The molecule has 2 aromatic rings. The first-order chi connectivity index (χ1) is 13.6. The van der Waals surface area contributed by atoms with Gasteiger partial charge in [-0.3, -0.25) is 4.79 Å². The third kappa shape index (κ3) is 4.68. The molecule has 1 aliphatic heterocycles. The monoisotopic (exact) mass is 379 g/mol. The fourth-order valence-corrected chi connectivity index (χ4v) is 3.31. The summed E-state index contributed by atoms with van der Waals surface area (Å²) in [5, 5.41) is 2.99. The van der Waals surface area contributed by atoms with Crippen molar-refractivity contribution >= 4 is 11.6 Å². The molecule has 1 aromatic carbocycles. The minimum atomic E-state index is -0.132. The normalized spacial score (nSPS) is 15.9. The lowest BCUT2D eigenvalue weighted by Crippen LogP contribution is -2.47. The summed E-state index contributed by atoms with van der Waals surface area (Å²) in [5.74, 6) is 7.70. The smallest absolute Gasteiger partial charge is 0.243 e. The number of nitrogens with zero attached hydrogens (tertiary/aromatic N) is 1. The number of aromatic amines is 1. The molecule has 1 atom stereocenters. The van der Waals surface area contributed by atoms with Gasteiger partial charge in [-0.2, -0.15) is 0 Å². The lowest BCUT2D eigenvalue weighted by Gasteiger charge is -2.34. The molecule has 0 spiro atoms. The molecule has 0 bridgehead atoms. The van der Waals surface area contributed by atoms with E-state index in [1.165, 1.54) is 6.08 Å². The number of rotatable bonds is 5. The number of benzene rings is 1. The third-order valence-corrected chi connectivity index (χ3v) is 4.71. The molecule has 6 nitrogen and oxygen atoms in total. The second kappa shape index (κ2) is 9.05. The number of amides is 1. The maximum Gasteiger partial charge on any atom is 0.243 e. The lowest BCUT2D eigenvalue weighted by molar-refractivity contribution is -0.117. The summed E-state index contributed by atoms with van der Waals surface area (Å²) in [5.41, 5.74) is 2.77. The van der Waals surface area contributed by atoms with E-state index < -0.39 is 0 Å². The van der Waals surface area contributed by atoms with Crippen molar-refractivity contribution in [3.63, 3.8) is 0 Å². The number of hydrogen-bond donors (Lipinski definition) is 2. The third-order valence-electron chi connectivity index (χ3n) is 4.71. The van der Waals surface area contributed by atoms with Crippen molar-refractivity contribution in [2.45, 2.75) is 18.9 Å². The van der Waals surface area contributed by atoms with Crippen molar-refractivity contribution in [2.24, 2.45) is 0 Å². The molecule has 2 N–H and O–H groups in total. The molecule has 3 rings (SSSR count). The lowest BCUT2D eigenvalue weighted by atomic mass is 10.0. The second-order valence-corrected chi connectivity index (χ2v) is 6.60. The minimum Gasteiger partial charge on any atom is -0.497 e. The van der Waals surface area contributed by atoms with Crippen LogP contribution >= 0.6 is 0 Å². The van der Waals surface area contributed by atoms with Crippen molar-refractivity contribution in [3.8, 4) is 23.3 Å². The number of nitrogens with one attached hydrogen (secondary N) is 2. The zero-order chi connectivity index (χ0) is 19.9. The van der Waals surface area contributed by atoms with Gasteiger partial charge in [0, 0.05) is 43.2 Å². The van der Waals surface area contributed by atoms with Gasteiger partial charge in [-0.25, -0.2) is 0 Å². The average molecular weight is 379 g/mol. The number of aromatic nitrogens is 1. The van der Waals surface area contributed by atoms with Crippen molar-refractivity contribution in [3.05, 3.63) is 54.4 Å². The summed E-state index contributed by atoms with van der Waals surface area (Å²) in [6.07, 6.45) is 7.13. The number of methoxy groups -OCH3 is 2. The van der Waals surface area contributed by atoms with E-state index in [9.17, 15) is 4.79 Å². The first-order valence-electron chi connectivity index (χ1n) is 9.22. The second-order valence-electron chi connectivity index (χ2n) is 6.60. The Kier molecular flexibility index (Phi) is 6.28. The Morgan fingerprint density at radius 3 is 2.68 bits per heavy atom. The topological polar surface area (TPSA) is 66.6 Å². The first kappa shape index (κ1) is 19.4. The molecule has 2 heterocycles. The van der Waals surface area contributed by atoms with Gasteiger partial charge >= 0.3 is 0 Å². The molecule has 1 aliphatic rings. The van der Waals surface area contributed by atoms with E-state index >= 15 is 0 Å². The average Bonchev–Trinajstić information content (AvgIpc) is 3.20.